The molecule has 0 bridgehead atoms. The highest BCUT2D eigenvalue weighted by molar-refractivity contribution is 7.93. The Bertz CT molecular complexity index is 1230. The standard InChI is InChI=1S/C18H14F2N6O3S/c1-25-9-13(23-17(27)12-8-22-26-6-2-5-21-16(12)26)15(24-25)11-7-10(30-28)3-4-14(11)29-18(19)20/h2-9,18,28H,1H3,(H,23,27). The molecule has 154 valence electrons. The Morgan fingerprint density at radius 2 is 2.20 bits per heavy atom. The second kappa shape index (κ2) is 8.08. The zero-order valence-electron chi connectivity index (χ0n) is 15.4. The van der Waals surface area contributed by atoms with Gasteiger partial charge in [-0.3, -0.25) is 9.48 Å². The molecule has 0 unspecified atom stereocenters. The van der Waals surface area contributed by atoms with Crippen LogP contribution < -0.4 is 10.1 Å². The van der Waals surface area contributed by atoms with E-state index < -0.39 is 12.5 Å². The molecule has 9 nitrogen and oxygen atoms in total. The van der Waals surface area contributed by atoms with E-state index in [2.05, 4.69) is 25.2 Å². The van der Waals surface area contributed by atoms with Gasteiger partial charge in [0.1, 0.15) is 17.0 Å². The quantitative estimate of drug-likeness (QED) is 0.449. The lowest BCUT2D eigenvalue weighted by atomic mass is 10.1. The van der Waals surface area contributed by atoms with Crippen molar-refractivity contribution in [2.75, 3.05) is 5.32 Å². The Hall–Kier alpha value is -3.51. The number of nitrogens with one attached hydrogen (secondary N) is 1. The summed E-state index contributed by atoms with van der Waals surface area (Å²) >= 11 is 0.447. The summed E-state index contributed by atoms with van der Waals surface area (Å²) < 4.78 is 42.5. The second-order valence-corrected chi connectivity index (χ2v) is 6.75. The summed E-state index contributed by atoms with van der Waals surface area (Å²) in [5.41, 5.74) is 1.23. The van der Waals surface area contributed by atoms with Gasteiger partial charge in [-0.25, -0.2) is 9.50 Å². The monoisotopic (exact) mass is 432 g/mol. The van der Waals surface area contributed by atoms with Crippen molar-refractivity contribution in [3.63, 3.8) is 0 Å². The zero-order chi connectivity index (χ0) is 21.3. The van der Waals surface area contributed by atoms with Gasteiger partial charge >= 0.3 is 6.61 Å². The van der Waals surface area contributed by atoms with Crippen molar-refractivity contribution in [2.24, 2.45) is 7.05 Å². The van der Waals surface area contributed by atoms with Crippen LogP contribution in [-0.2, 0) is 7.05 Å². The van der Waals surface area contributed by atoms with E-state index in [0.717, 1.165) is 0 Å². The van der Waals surface area contributed by atoms with Crippen molar-refractivity contribution in [3.05, 3.63) is 54.6 Å². The van der Waals surface area contributed by atoms with Crippen molar-refractivity contribution < 1.29 is 22.9 Å². The molecule has 3 aromatic heterocycles. The molecule has 0 saturated carbocycles. The Morgan fingerprint density at radius 3 is 2.97 bits per heavy atom. The van der Waals surface area contributed by atoms with Crippen LogP contribution in [0.4, 0.5) is 14.5 Å². The van der Waals surface area contributed by atoms with E-state index >= 15 is 0 Å². The number of rotatable bonds is 6. The predicted octanol–water partition coefficient (Wildman–Crippen LogP) is 3.55. The molecule has 0 atom stereocenters. The average molecular weight is 432 g/mol. The van der Waals surface area contributed by atoms with E-state index in [1.54, 1.807) is 19.3 Å². The van der Waals surface area contributed by atoms with Gasteiger partial charge in [-0.05, 0) is 24.3 Å². The highest BCUT2D eigenvalue weighted by Gasteiger charge is 2.21. The maximum absolute atomic E-state index is 12.9. The van der Waals surface area contributed by atoms with Gasteiger partial charge in [0.25, 0.3) is 5.91 Å². The number of benzene rings is 1. The molecule has 1 aromatic carbocycles. The second-order valence-electron chi connectivity index (χ2n) is 6.09. The Balaban J connectivity index is 1.74. The predicted molar refractivity (Wildman–Crippen MR) is 105 cm³/mol. The van der Waals surface area contributed by atoms with Crippen LogP contribution >= 0.6 is 12.0 Å². The number of nitrogens with zero attached hydrogens (tertiary/aromatic N) is 5. The molecule has 0 fully saturated rings. The summed E-state index contributed by atoms with van der Waals surface area (Å²) in [6, 6.07) is 5.85. The summed E-state index contributed by atoms with van der Waals surface area (Å²) in [6.07, 6.45) is 6.09. The lowest BCUT2D eigenvalue weighted by Crippen LogP contribution is -2.12. The van der Waals surface area contributed by atoms with Crippen molar-refractivity contribution in [1.29, 1.82) is 0 Å². The molecule has 2 N–H and O–H groups in total. The SMILES string of the molecule is Cn1cc(NC(=O)c2cnn3cccnc23)c(-c2cc(SO)ccc2OC(F)F)n1. The smallest absolute Gasteiger partial charge is 0.387 e. The minimum atomic E-state index is -3.05. The molecule has 0 aliphatic heterocycles. The van der Waals surface area contributed by atoms with Gasteiger partial charge < -0.3 is 14.6 Å². The highest BCUT2D eigenvalue weighted by atomic mass is 32.2. The molecule has 0 radical (unpaired) electrons. The van der Waals surface area contributed by atoms with Gasteiger partial charge in [0.2, 0.25) is 0 Å². The van der Waals surface area contributed by atoms with Crippen molar-refractivity contribution >= 4 is 29.3 Å². The first kappa shape index (κ1) is 19.8. The molecule has 12 heteroatoms. The van der Waals surface area contributed by atoms with E-state index in [1.807, 2.05) is 0 Å². The van der Waals surface area contributed by atoms with Crippen molar-refractivity contribution in [3.8, 4) is 17.0 Å². The maximum Gasteiger partial charge on any atom is 0.387 e. The van der Waals surface area contributed by atoms with Gasteiger partial charge in [0.15, 0.2) is 5.65 Å². The molecule has 3 heterocycles. The number of aromatic nitrogens is 5. The van der Waals surface area contributed by atoms with E-state index in [0.29, 0.717) is 22.6 Å². The topological polar surface area (TPSA) is 107 Å². The first-order chi connectivity index (χ1) is 14.5. The van der Waals surface area contributed by atoms with E-state index in [4.69, 9.17) is 0 Å². The maximum atomic E-state index is 12.9. The molecular weight excluding hydrogens is 418 g/mol. The average Bonchev–Trinajstić information content (AvgIpc) is 3.31. The van der Waals surface area contributed by atoms with Crippen LogP contribution in [0.15, 0.2) is 53.9 Å². The van der Waals surface area contributed by atoms with Crippen LogP contribution in [-0.4, -0.2) is 41.4 Å². The summed E-state index contributed by atoms with van der Waals surface area (Å²) in [5, 5.41) is 11.1. The number of ether oxygens (including phenoxy) is 1. The molecule has 0 saturated heterocycles. The number of hydrogen-bond donors (Lipinski definition) is 2. The summed E-state index contributed by atoms with van der Waals surface area (Å²) in [7, 11) is 1.62. The minimum Gasteiger partial charge on any atom is -0.434 e. The van der Waals surface area contributed by atoms with Crippen LogP contribution in [0.1, 0.15) is 10.4 Å². The molecule has 30 heavy (non-hydrogen) atoms. The molecular formula is C18H14F2N6O3S. The van der Waals surface area contributed by atoms with Crippen LogP contribution in [0.5, 0.6) is 5.75 Å². The third kappa shape index (κ3) is 3.82. The molecule has 4 aromatic rings. The third-order valence-electron chi connectivity index (χ3n) is 4.13. The van der Waals surface area contributed by atoms with Gasteiger partial charge in [-0.1, -0.05) is 0 Å². The highest BCUT2D eigenvalue weighted by Crippen LogP contribution is 2.37. The van der Waals surface area contributed by atoms with Crippen molar-refractivity contribution in [2.45, 2.75) is 11.5 Å². The number of hydrogen-bond acceptors (Lipinski definition) is 7. The van der Waals surface area contributed by atoms with Gasteiger partial charge in [0.05, 0.1) is 11.9 Å². The van der Waals surface area contributed by atoms with Gasteiger partial charge in [0, 0.05) is 48.1 Å². The lowest BCUT2D eigenvalue weighted by Gasteiger charge is -2.12. The summed E-state index contributed by atoms with van der Waals surface area (Å²) in [6.45, 7) is -3.05. The number of alkyl halides is 2. The Morgan fingerprint density at radius 1 is 1.37 bits per heavy atom. The fourth-order valence-electron chi connectivity index (χ4n) is 2.91. The number of carbonyl (C=O) groups excluding carboxylic acids is 1. The van der Waals surface area contributed by atoms with Crippen LogP contribution in [0, 0.1) is 0 Å². The van der Waals surface area contributed by atoms with Gasteiger partial charge in [-0.2, -0.15) is 19.0 Å². The fraction of sp³-hybridized carbons (Fsp3) is 0.111. The van der Waals surface area contributed by atoms with Crippen LogP contribution in [0.25, 0.3) is 16.9 Å². The number of fused-ring (bicyclic) bond motifs is 1. The van der Waals surface area contributed by atoms with E-state index in [1.165, 1.54) is 46.0 Å². The normalized spacial score (nSPS) is 11.2. The largest absolute Gasteiger partial charge is 0.434 e. The Kier molecular flexibility index (Phi) is 5.33. The zero-order valence-corrected chi connectivity index (χ0v) is 16.2. The molecule has 0 aliphatic rings. The summed E-state index contributed by atoms with van der Waals surface area (Å²) in [4.78, 5) is 17.4. The van der Waals surface area contributed by atoms with Crippen LogP contribution in [0.3, 0.4) is 0 Å². The lowest BCUT2D eigenvalue weighted by molar-refractivity contribution is -0.0494. The number of halogens is 2. The van der Waals surface area contributed by atoms with Crippen LogP contribution in [0.2, 0.25) is 0 Å². The molecule has 0 aliphatic carbocycles. The number of carbonyl (C=O) groups is 1. The van der Waals surface area contributed by atoms with Crippen molar-refractivity contribution in [1.82, 2.24) is 24.4 Å². The first-order valence-corrected chi connectivity index (χ1v) is 9.27. The molecule has 1 amide bonds. The number of aryl methyl sites for hydroxylation is 1. The first-order valence-electron chi connectivity index (χ1n) is 8.50. The third-order valence-corrected chi connectivity index (χ3v) is 4.59. The van der Waals surface area contributed by atoms with Gasteiger partial charge in [-0.15, -0.1) is 0 Å². The van der Waals surface area contributed by atoms with E-state index in [-0.39, 0.29) is 28.3 Å². The van der Waals surface area contributed by atoms with E-state index in [9.17, 15) is 18.1 Å². The number of anilines is 1. The molecule has 0 spiro atoms. The summed E-state index contributed by atoms with van der Waals surface area (Å²) in [5.74, 6) is -0.642. The minimum absolute atomic E-state index is 0.144. The fourth-order valence-corrected chi connectivity index (χ4v) is 3.21. The number of amides is 1. The Labute approximate surface area is 172 Å². The molecule has 4 rings (SSSR count).